The first-order valence-corrected chi connectivity index (χ1v) is 8.56. The van der Waals surface area contributed by atoms with Crippen LogP contribution >= 0.6 is 0 Å². The van der Waals surface area contributed by atoms with Gasteiger partial charge in [0.2, 0.25) is 0 Å². The number of aliphatic carboxylic acids is 1. The van der Waals surface area contributed by atoms with Gasteiger partial charge in [0, 0.05) is 0 Å². The van der Waals surface area contributed by atoms with Crippen LogP contribution in [0.2, 0.25) is 0 Å². The first-order chi connectivity index (χ1) is 9.72. The van der Waals surface area contributed by atoms with E-state index in [4.69, 9.17) is 10.2 Å². The molecule has 0 rings (SSSR count). The lowest BCUT2D eigenvalue weighted by atomic mass is 10.0. The third kappa shape index (κ3) is 12.5. The molecule has 0 aliphatic rings. The maximum absolute atomic E-state index is 10.7. The van der Waals surface area contributed by atoms with Gasteiger partial charge in [-0.15, -0.1) is 0 Å². The van der Waals surface area contributed by atoms with Crippen LogP contribution in [0.1, 0.15) is 90.4 Å². The first kappa shape index (κ1) is 19.4. The van der Waals surface area contributed by atoms with Crippen LogP contribution in [0.25, 0.3) is 0 Å². The molecule has 0 amide bonds. The Labute approximate surface area is 124 Å². The molecule has 0 saturated heterocycles. The van der Waals surface area contributed by atoms with Gasteiger partial charge >= 0.3 is 5.97 Å². The normalized spacial score (nSPS) is 12.5. The van der Waals surface area contributed by atoms with E-state index in [0.717, 1.165) is 12.8 Å². The van der Waals surface area contributed by atoms with Crippen molar-refractivity contribution in [2.24, 2.45) is 5.92 Å². The fourth-order valence-electron chi connectivity index (χ4n) is 2.52. The van der Waals surface area contributed by atoms with Crippen LogP contribution in [0.5, 0.6) is 0 Å². The summed E-state index contributed by atoms with van der Waals surface area (Å²) >= 11 is 0. The number of aliphatic hydroxyl groups is 1. The van der Waals surface area contributed by atoms with E-state index in [9.17, 15) is 4.79 Å². The number of carboxylic acids is 1. The van der Waals surface area contributed by atoms with Crippen LogP contribution in [-0.4, -0.2) is 22.8 Å². The Bertz CT molecular complexity index is 216. The molecule has 0 unspecified atom stereocenters. The minimum absolute atomic E-state index is 0.229. The van der Waals surface area contributed by atoms with Crippen molar-refractivity contribution in [1.29, 1.82) is 0 Å². The molecule has 0 radical (unpaired) electrons. The van der Waals surface area contributed by atoms with Gasteiger partial charge in [0.05, 0.1) is 12.5 Å². The van der Waals surface area contributed by atoms with Crippen LogP contribution in [0.4, 0.5) is 0 Å². The number of rotatable bonds is 15. The molecule has 0 aromatic rings. The quantitative estimate of drug-likeness (QED) is 0.426. The summed E-state index contributed by atoms with van der Waals surface area (Å²) in [5.41, 5.74) is 0. The zero-order valence-corrected chi connectivity index (χ0v) is 13.3. The minimum Gasteiger partial charge on any atom is -0.481 e. The lowest BCUT2D eigenvalue weighted by Gasteiger charge is -2.08. The molecule has 0 aromatic carbocycles. The van der Waals surface area contributed by atoms with Gasteiger partial charge in [0.15, 0.2) is 0 Å². The Balaban J connectivity index is 3.15. The molecule has 1 atom stereocenters. The molecule has 0 fully saturated rings. The highest BCUT2D eigenvalue weighted by Crippen LogP contribution is 2.14. The van der Waals surface area contributed by atoms with Crippen molar-refractivity contribution in [2.75, 3.05) is 6.61 Å². The molecule has 2 N–H and O–H groups in total. The second-order valence-electron chi connectivity index (χ2n) is 5.90. The van der Waals surface area contributed by atoms with Gasteiger partial charge in [0.1, 0.15) is 0 Å². The summed E-state index contributed by atoms with van der Waals surface area (Å²) in [5, 5.41) is 17.7. The molecule has 0 heterocycles. The number of unbranched alkanes of at least 4 members (excludes halogenated alkanes) is 11. The van der Waals surface area contributed by atoms with E-state index in [2.05, 4.69) is 6.92 Å². The summed E-state index contributed by atoms with van der Waals surface area (Å²) in [5.74, 6) is -1.42. The summed E-state index contributed by atoms with van der Waals surface area (Å²) in [7, 11) is 0. The average molecular weight is 286 g/mol. The van der Waals surface area contributed by atoms with Gasteiger partial charge in [-0.3, -0.25) is 4.79 Å². The summed E-state index contributed by atoms with van der Waals surface area (Å²) in [6.07, 6.45) is 16.0. The van der Waals surface area contributed by atoms with Crippen LogP contribution in [0.15, 0.2) is 0 Å². The van der Waals surface area contributed by atoms with Gasteiger partial charge in [-0.2, -0.15) is 0 Å². The minimum atomic E-state index is -0.865. The zero-order valence-electron chi connectivity index (χ0n) is 13.3. The van der Waals surface area contributed by atoms with Crippen molar-refractivity contribution in [3.8, 4) is 0 Å². The summed E-state index contributed by atoms with van der Waals surface area (Å²) in [6.45, 7) is 2.02. The SMILES string of the molecule is CCCCCCCCCCCCCC[C@@H](CO)C(=O)O. The lowest BCUT2D eigenvalue weighted by molar-refractivity contribution is -0.143. The van der Waals surface area contributed by atoms with Crippen molar-refractivity contribution in [3.63, 3.8) is 0 Å². The fraction of sp³-hybridized carbons (Fsp3) is 0.941. The molecule has 0 bridgehead atoms. The molecule has 0 saturated carbocycles. The van der Waals surface area contributed by atoms with E-state index in [0.29, 0.717) is 6.42 Å². The van der Waals surface area contributed by atoms with Crippen LogP contribution < -0.4 is 0 Å². The highest BCUT2D eigenvalue weighted by atomic mass is 16.4. The molecular weight excluding hydrogens is 252 g/mol. The van der Waals surface area contributed by atoms with Crippen molar-refractivity contribution in [3.05, 3.63) is 0 Å². The van der Waals surface area contributed by atoms with E-state index < -0.39 is 11.9 Å². The fourth-order valence-corrected chi connectivity index (χ4v) is 2.52. The summed E-state index contributed by atoms with van der Waals surface area (Å²) in [4.78, 5) is 10.7. The van der Waals surface area contributed by atoms with E-state index >= 15 is 0 Å². The van der Waals surface area contributed by atoms with Crippen LogP contribution in [-0.2, 0) is 4.79 Å². The number of carboxylic acid groups (broad SMARTS) is 1. The van der Waals surface area contributed by atoms with E-state index in [-0.39, 0.29) is 6.61 Å². The van der Waals surface area contributed by atoms with Gasteiger partial charge in [-0.05, 0) is 6.42 Å². The van der Waals surface area contributed by atoms with Crippen molar-refractivity contribution >= 4 is 5.97 Å². The number of hydrogen-bond acceptors (Lipinski definition) is 2. The third-order valence-electron chi connectivity index (χ3n) is 3.98. The topological polar surface area (TPSA) is 57.5 Å². The molecule has 0 aliphatic heterocycles. The predicted molar refractivity (Wildman–Crippen MR) is 83.9 cm³/mol. The standard InChI is InChI=1S/C17H34O3/c1-2-3-4-5-6-7-8-9-10-11-12-13-14-16(15-18)17(19)20/h16,18H,2-15H2,1H3,(H,19,20)/t16-/m0/s1. The zero-order chi connectivity index (χ0) is 15.1. The molecule has 120 valence electrons. The molecule has 0 aromatic heterocycles. The van der Waals surface area contributed by atoms with Gasteiger partial charge in [-0.25, -0.2) is 0 Å². The van der Waals surface area contributed by atoms with Crippen LogP contribution in [0, 0.1) is 5.92 Å². The molecule has 20 heavy (non-hydrogen) atoms. The van der Waals surface area contributed by atoms with E-state index in [1.165, 1.54) is 64.2 Å². The first-order valence-electron chi connectivity index (χ1n) is 8.56. The Kier molecular flexibility index (Phi) is 14.4. The molecule has 3 heteroatoms. The summed E-state index contributed by atoms with van der Waals surface area (Å²) in [6, 6.07) is 0. The van der Waals surface area contributed by atoms with E-state index in [1.807, 2.05) is 0 Å². The second kappa shape index (κ2) is 14.8. The van der Waals surface area contributed by atoms with Crippen molar-refractivity contribution in [1.82, 2.24) is 0 Å². The number of aliphatic hydroxyl groups excluding tert-OH is 1. The smallest absolute Gasteiger partial charge is 0.308 e. The third-order valence-corrected chi connectivity index (χ3v) is 3.98. The van der Waals surface area contributed by atoms with Crippen LogP contribution in [0.3, 0.4) is 0 Å². The molecule has 3 nitrogen and oxygen atoms in total. The average Bonchev–Trinajstić information content (AvgIpc) is 2.43. The highest BCUT2D eigenvalue weighted by molar-refractivity contribution is 5.69. The van der Waals surface area contributed by atoms with Gasteiger partial charge in [0.25, 0.3) is 0 Å². The van der Waals surface area contributed by atoms with Gasteiger partial charge in [-0.1, -0.05) is 84.0 Å². The second-order valence-corrected chi connectivity index (χ2v) is 5.90. The molecule has 0 spiro atoms. The van der Waals surface area contributed by atoms with Crippen molar-refractivity contribution in [2.45, 2.75) is 90.4 Å². The Morgan fingerprint density at radius 3 is 1.55 bits per heavy atom. The Morgan fingerprint density at radius 1 is 0.800 bits per heavy atom. The lowest BCUT2D eigenvalue weighted by Crippen LogP contribution is -2.17. The largest absolute Gasteiger partial charge is 0.481 e. The van der Waals surface area contributed by atoms with E-state index in [1.54, 1.807) is 0 Å². The number of carbonyl (C=O) groups is 1. The number of hydrogen-bond donors (Lipinski definition) is 2. The summed E-state index contributed by atoms with van der Waals surface area (Å²) < 4.78 is 0. The van der Waals surface area contributed by atoms with Gasteiger partial charge < -0.3 is 10.2 Å². The highest BCUT2D eigenvalue weighted by Gasteiger charge is 2.14. The van der Waals surface area contributed by atoms with Crippen molar-refractivity contribution < 1.29 is 15.0 Å². The monoisotopic (exact) mass is 286 g/mol. The predicted octanol–water partition coefficient (Wildman–Crippen LogP) is 4.77. The maximum Gasteiger partial charge on any atom is 0.308 e. The Hall–Kier alpha value is -0.570. The molecular formula is C17H34O3. The molecule has 0 aliphatic carbocycles. The Morgan fingerprint density at radius 2 is 1.20 bits per heavy atom. The maximum atomic E-state index is 10.7.